The van der Waals surface area contributed by atoms with Crippen molar-refractivity contribution < 1.29 is 4.79 Å². The molecule has 0 unspecified atom stereocenters. The number of imidazole rings is 1. The van der Waals surface area contributed by atoms with Crippen molar-refractivity contribution in [2.75, 3.05) is 0 Å². The molecule has 0 aliphatic carbocycles. The van der Waals surface area contributed by atoms with Crippen LogP contribution >= 0.6 is 0 Å². The van der Waals surface area contributed by atoms with Crippen LogP contribution < -0.4 is 5.32 Å². The number of aromatic nitrogens is 2. The van der Waals surface area contributed by atoms with Crippen molar-refractivity contribution in [3.05, 3.63) is 30.9 Å². The second-order valence-corrected chi connectivity index (χ2v) is 4.11. The second kappa shape index (κ2) is 4.77. The lowest BCUT2D eigenvalue weighted by Crippen LogP contribution is -2.42. The molecule has 0 aliphatic heterocycles. The first-order chi connectivity index (χ1) is 7.03. The minimum absolute atomic E-state index is 0.139. The van der Waals surface area contributed by atoms with Gasteiger partial charge in [-0.2, -0.15) is 0 Å². The van der Waals surface area contributed by atoms with Gasteiger partial charge in [-0.3, -0.25) is 4.79 Å². The fourth-order valence-electron chi connectivity index (χ4n) is 1.31. The summed E-state index contributed by atoms with van der Waals surface area (Å²) >= 11 is 0. The summed E-state index contributed by atoms with van der Waals surface area (Å²) in [5, 5.41) is 2.87. The van der Waals surface area contributed by atoms with E-state index >= 15 is 0 Å². The van der Waals surface area contributed by atoms with E-state index < -0.39 is 0 Å². The summed E-state index contributed by atoms with van der Waals surface area (Å²) in [4.78, 5) is 18.3. The molecule has 0 radical (unpaired) electrons. The Morgan fingerprint density at radius 2 is 2.47 bits per heavy atom. The van der Waals surface area contributed by atoms with Crippen molar-refractivity contribution in [3.8, 4) is 0 Å². The molecule has 1 aromatic rings. The quantitative estimate of drug-likeness (QED) is 0.717. The standard InChI is InChI=1S/C11H17N3O/c1-4-10(15)14-11(2,3)6-5-9-12-7-8-13-9/h4,7-8H,1,5-6H2,2-3H3,(H,12,13)(H,14,15). The Kier molecular flexibility index (Phi) is 3.66. The van der Waals surface area contributed by atoms with Crippen LogP contribution in [0.2, 0.25) is 0 Å². The molecule has 1 aromatic heterocycles. The van der Waals surface area contributed by atoms with Crippen LogP contribution in [0.3, 0.4) is 0 Å². The van der Waals surface area contributed by atoms with Gasteiger partial charge in [0.25, 0.3) is 0 Å². The molecule has 15 heavy (non-hydrogen) atoms. The molecule has 2 N–H and O–H groups in total. The van der Waals surface area contributed by atoms with E-state index in [-0.39, 0.29) is 11.4 Å². The third kappa shape index (κ3) is 3.97. The van der Waals surface area contributed by atoms with E-state index in [4.69, 9.17) is 0 Å². The van der Waals surface area contributed by atoms with Gasteiger partial charge in [0.1, 0.15) is 5.82 Å². The maximum absolute atomic E-state index is 11.1. The minimum atomic E-state index is -0.238. The van der Waals surface area contributed by atoms with Crippen molar-refractivity contribution in [3.63, 3.8) is 0 Å². The molecule has 4 heteroatoms. The monoisotopic (exact) mass is 207 g/mol. The summed E-state index contributed by atoms with van der Waals surface area (Å²) in [6, 6.07) is 0. The third-order valence-electron chi connectivity index (χ3n) is 2.19. The molecule has 1 heterocycles. The second-order valence-electron chi connectivity index (χ2n) is 4.11. The van der Waals surface area contributed by atoms with E-state index in [1.807, 2.05) is 13.8 Å². The van der Waals surface area contributed by atoms with Gasteiger partial charge in [0.2, 0.25) is 5.91 Å². The number of hydrogen-bond acceptors (Lipinski definition) is 2. The predicted molar refractivity (Wildman–Crippen MR) is 59.3 cm³/mol. The average molecular weight is 207 g/mol. The number of nitrogens with one attached hydrogen (secondary N) is 2. The first-order valence-corrected chi connectivity index (χ1v) is 4.96. The van der Waals surface area contributed by atoms with Crippen molar-refractivity contribution in [1.29, 1.82) is 0 Å². The molecule has 1 rings (SSSR count). The molecule has 0 saturated heterocycles. The molecule has 4 nitrogen and oxygen atoms in total. The van der Waals surface area contributed by atoms with E-state index in [1.165, 1.54) is 6.08 Å². The van der Waals surface area contributed by atoms with Crippen molar-refractivity contribution >= 4 is 5.91 Å². The molecule has 0 atom stereocenters. The Morgan fingerprint density at radius 3 is 3.00 bits per heavy atom. The lowest BCUT2D eigenvalue weighted by Gasteiger charge is -2.25. The number of aryl methyl sites for hydroxylation is 1. The van der Waals surface area contributed by atoms with Crippen molar-refractivity contribution in [2.45, 2.75) is 32.2 Å². The molecule has 0 aromatic carbocycles. The molecule has 1 amide bonds. The SMILES string of the molecule is C=CC(=O)NC(C)(C)CCc1ncc[nH]1. The van der Waals surface area contributed by atoms with Crippen LogP contribution in [0.1, 0.15) is 26.1 Å². The zero-order chi connectivity index (χ0) is 11.3. The number of rotatable bonds is 5. The van der Waals surface area contributed by atoms with Crippen LogP contribution in [0.15, 0.2) is 25.0 Å². The van der Waals surface area contributed by atoms with Crippen LogP contribution in [0, 0.1) is 0 Å². The fourth-order valence-corrected chi connectivity index (χ4v) is 1.31. The number of H-pyrrole nitrogens is 1. The maximum atomic E-state index is 11.1. The van der Waals surface area contributed by atoms with E-state index in [0.717, 1.165) is 18.7 Å². The zero-order valence-corrected chi connectivity index (χ0v) is 9.21. The number of carbonyl (C=O) groups is 1. The van der Waals surface area contributed by atoms with Gasteiger partial charge in [-0.1, -0.05) is 6.58 Å². The van der Waals surface area contributed by atoms with Gasteiger partial charge < -0.3 is 10.3 Å². The molecule has 0 bridgehead atoms. The normalized spacial score (nSPS) is 11.1. The topological polar surface area (TPSA) is 57.8 Å². The van der Waals surface area contributed by atoms with Crippen LogP contribution in [-0.2, 0) is 11.2 Å². The summed E-state index contributed by atoms with van der Waals surface area (Å²) in [7, 11) is 0. The first kappa shape index (κ1) is 11.5. The molecule has 0 saturated carbocycles. The molecular weight excluding hydrogens is 190 g/mol. The van der Waals surface area contributed by atoms with Gasteiger partial charge in [-0.25, -0.2) is 4.98 Å². The van der Waals surface area contributed by atoms with E-state index in [9.17, 15) is 4.79 Å². The Bertz CT molecular complexity index is 328. The minimum Gasteiger partial charge on any atom is -0.349 e. The summed E-state index contributed by atoms with van der Waals surface area (Å²) in [6.07, 6.45) is 6.46. The number of nitrogens with zero attached hydrogens (tertiary/aromatic N) is 1. The maximum Gasteiger partial charge on any atom is 0.243 e. The number of carbonyl (C=O) groups excluding carboxylic acids is 1. The van der Waals surface area contributed by atoms with Crippen LogP contribution in [0.25, 0.3) is 0 Å². The fraction of sp³-hybridized carbons (Fsp3) is 0.455. The van der Waals surface area contributed by atoms with Gasteiger partial charge in [0.15, 0.2) is 0 Å². The van der Waals surface area contributed by atoms with Crippen molar-refractivity contribution in [2.24, 2.45) is 0 Å². The summed E-state index contributed by atoms with van der Waals surface area (Å²) in [5.74, 6) is 0.801. The molecular formula is C11H17N3O. The molecule has 0 fully saturated rings. The highest BCUT2D eigenvalue weighted by Crippen LogP contribution is 2.11. The van der Waals surface area contributed by atoms with E-state index in [1.54, 1.807) is 12.4 Å². The van der Waals surface area contributed by atoms with E-state index in [0.29, 0.717) is 0 Å². The summed E-state index contributed by atoms with van der Waals surface area (Å²) < 4.78 is 0. The number of amides is 1. The third-order valence-corrected chi connectivity index (χ3v) is 2.19. The largest absolute Gasteiger partial charge is 0.349 e. The number of hydrogen-bond donors (Lipinski definition) is 2. The van der Waals surface area contributed by atoms with Crippen LogP contribution in [0.5, 0.6) is 0 Å². The Morgan fingerprint density at radius 1 is 1.73 bits per heavy atom. The van der Waals surface area contributed by atoms with E-state index in [2.05, 4.69) is 21.9 Å². The smallest absolute Gasteiger partial charge is 0.243 e. The lowest BCUT2D eigenvalue weighted by molar-refractivity contribution is -0.118. The first-order valence-electron chi connectivity index (χ1n) is 4.96. The van der Waals surface area contributed by atoms with Crippen molar-refractivity contribution in [1.82, 2.24) is 15.3 Å². The lowest BCUT2D eigenvalue weighted by atomic mass is 9.98. The predicted octanol–water partition coefficient (Wildman–Crippen LogP) is 1.42. The molecule has 82 valence electrons. The Balaban J connectivity index is 2.42. The van der Waals surface area contributed by atoms with Gasteiger partial charge in [-0.05, 0) is 26.3 Å². The highest BCUT2D eigenvalue weighted by atomic mass is 16.1. The highest BCUT2D eigenvalue weighted by molar-refractivity contribution is 5.87. The van der Waals surface area contributed by atoms with Gasteiger partial charge in [-0.15, -0.1) is 0 Å². The van der Waals surface area contributed by atoms with Gasteiger partial charge in [0, 0.05) is 24.4 Å². The number of aromatic amines is 1. The molecule has 0 aliphatic rings. The Hall–Kier alpha value is -1.58. The van der Waals surface area contributed by atoms with Crippen LogP contribution in [-0.4, -0.2) is 21.4 Å². The van der Waals surface area contributed by atoms with Gasteiger partial charge in [0.05, 0.1) is 0 Å². The van der Waals surface area contributed by atoms with Gasteiger partial charge >= 0.3 is 0 Å². The zero-order valence-electron chi connectivity index (χ0n) is 9.21. The summed E-state index contributed by atoms with van der Waals surface area (Å²) in [5.41, 5.74) is -0.238. The van der Waals surface area contributed by atoms with Crippen LogP contribution in [0.4, 0.5) is 0 Å². The Labute approximate surface area is 89.8 Å². The highest BCUT2D eigenvalue weighted by Gasteiger charge is 2.19. The molecule has 0 spiro atoms. The average Bonchev–Trinajstić information content (AvgIpc) is 2.66. The summed E-state index contributed by atoms with van der Waals surface area (Å²) in [6.45, 7) is 7.39.